The predicted octanol–water partition coefficient (Wildman–Crippen LogP) is 5.29. The minimum Gasteiger partial charge on any atom is -0.465 e. The summed E-state index contributed by atoms with van der Waals surface area (Å²) in [6.45, 7) is 6.07. The van der Waals surface area contributed by atoms with Gasteiger partial charge in [-0.3, -0.25) is 9.59 Å². The van der Waals surface area contributed by atoms with Crippen LogP contribution >= 0.6 is 0 Å². The predicted molar refractivity (Wildman–Crippen MR) is 103 cm³/mol. The lowest BCUT2D eigenvalue weighted by Gasteiger charge is -2.27. The van der Waals surface area contributed by atoms with Crippen LogP contribution in [-0.4, -0.2) is 18.5 Å². The Morgan fingerprint density at radius 1 is 0.885 bits per heavy atom. The van der Waals surface area contributed by atoms with E-state index in [1.165, 1.54) is 0 Å². The zero-order valence-corrected chi connectivity index (χ0v) is 15.9. The van der Waals surface area contributed by atoms with Gasteiger partial charge in [0.15, 0.2) is 5.41 Å². The normalized spacial score (nSPS) is 11.3. The number of carbonyl (C=O) groups excluding carboxylic acids is 2. The number of fused-ring (bicyclic) bond motifs is 1. The van der Waals surface area contributed by atoms with Crippen molar-refractivity contribution in [2.45, 2.75) is 52.9 Å². The smallest absolute Gasteiger partial charge is 0.328 e. The van der Waals surface area contributed by atoms with Crippen LogP contribution in [0.25, 0.3) is 10.8 Å². The Labute approximate surface area is 155 Å². The van der Waals surface area contributed by atoms with Crippen LogP contribution in [0, 0.1) is 5.41 Å². The van der Waals surface area contributed by atoms with E-state index < -0.39 is 17.4 Å². The van der Waals surface area contributed by atoms with Crippen molar-refractivity contribution in [2.24, 2.45) is 5.41 Å². The molecular formula is C22H28O4. The fraction of sp³-hybridized carbons (Fsp3) is 0.455. The topological polar surface area (TPSA) is 52.6 Å². The molecule has 0 heterocycles. The van der Waals surface area contributed by atoms with E-state index in [4.69, 9.17) is 9.47 Å². The first-order valence-corrected chi connectivity index (χ1v) is 9.46. The van der Waals surface area contributed by atoms with Crippen LogP contribution in [0.4, 0.5) is 0 Å². The zero-order valence-electron chi connectivity index (χ0n) is 15.9. The maximum absolute atomic E-state index is 12.9. The van der Waals surface area contributed by atoms with Gasteiger partial charge < -0.3 is 9.47 Å². The second-order valence-corrected chi connectivity index (χ2v) is 6.50. The lowest BCUT2D eigenvalue weighted by atomic mass is 9.82. The van der Waals surface area contributed by atoms with Gasteiger partial charge in [-0.05, 0) is 30.7 Å². The summed E-state index contributed by atoms with van der Waals surface area (Å²) in [5.41, 5.74) is -1.26. The van der Waals surface area contributed by atoms with Gasteiger partial charge in [0.05, 0.1) is 6.61 Å². The molecule has 0 N–H and O–H groups in total. The maximum atomic E-state index is 12.9. The summed E-state index contributed by atoms with van der Waals surface area (Å²) in [6, 6.07) is 13.2. The molecule has 2 aromatic carbocycles. The number of hydrogen-bond donors (Lipinski definition) is 0. The highest BCUT2D eigenvalue weighted by molar-refractivity contribution is 6.02. The van der Waals surface area contributed by atoms with Crippen molar-refractivity contribution >= 4 is 22.7 Å². The highest BCUT2D eigenvalue weighted by atomic mass is 16.6. The molecule has 4 heteroatoms. The largest absolute Gasteiger partial charge is 0.465 e. The lowest BCUT2D eigenvalue weighted by molar-refractivity contribution is -0.168. The molecule has 2 rings (SSSR count). The SMILES string of the molecule is CCCCCOC(=O)C(CC)(CC)C(=O)Oc1cccc2ccccc12. The molecule has 140 valence electrons. The summed E-state index contributed by atoms with van der Waals surface area (Å²) in [5.74, 6) is -0.554. The fourth-order valence-corrected chi connectivity index (χ4v) is 3.05. The van der Waals surface area contributed by atoms with Crippen LogP contribution in [-0.2, 0) is 14.3 Å². The van der Waals surface area contributed by atoms with Crippen molar-refractivity contribution in [3.63, 3.8) is 0 Å². The molecule has 0 radical (unpaired) electrons. The van der Waals surface area contributed by atoms with Gasteiger partial charge in [0, 0.05) is 5.39 Å². The van der Waals surface area contributed by atoms with E-state index in [9.17, 15) is 9.59 Å². The van der Waals surface area contributed by atoms with Crippen LogP contribution in [0.5, 0.6) is 5.75 Å². The maximum Gasteiger partial charge on any atom is 0.328 e. The molecule has 0 aromatic heterocycles. The summed E-state index contributed by atoms with van der Waals surface area (Å²) >= 11 is 0. The fourth-order valence-electron chi connectivity index (χ4n) is 3.05. The summed E-state index contributed by atoms with van der Waals surface area (Å²) in [5, 5.41) is 1.83. The third-order valence-electron chi connectivity index (χ3n) is 4.92. The van der Waals surface area contributed by atoms with E-state index in [1.54, 1.807) is 6.07 Å². The molecule has 0 atom stereocenters. The third-order valence-corrected chi connectivity index (χ3v) is 4.92. The number of unbranched alkanes of at least 4 members (excludes halogenated alkanes) is 2. The lowest BCUT2D eigenvalue weighted by Crippen LogP contribution is -2.42. The molecule has 0 aliphatic carbocycles. The van der Waals surface area contributed by atoms with Crippen molar-refractivity contribution < 1.29 is 19.1 Å². The Hall–Kier alpha value is -2.36. The first-order valence-electron chi connectivity index (χ1n) is 9.46. The van der Waals surface area contributed by atoms with Crippen LogP contribution in [0.2, 0.25) is 0 Å². The van der Waals surface area contributed by atoms with Gasteiger partial charge >= 0.3 is 11.9 Å². The van der Waals surface area contributed by atoms with Gasteiger partial charge in [-0.1, -0.05) is 70.0 Å². The van der Waals surface area contributed by atoms with Gasteiger partial charge in [-0.25, -0.2) is 0 Å². The second-order valence-electron chi connectivity index (χ2n) is 6.50. The molecule has 2 aromatic rings. The van der Waals surface area contributed by atoms with Crippen molar-refractivity contribution in [1.29, 1.82) is 0 Å². The van der Waals surface area contributed by atoms with E-state index in [-0.39, 0.29) is 0 Å². The Balaban J connectivity index is 2.20. The monoisotopic (exact) mass is 356 g/mol. The van der Waals surface area contributed by atoms with Crippen LogP contribution in [0.15, 0.2) is 42.5 Å². The number of ether oxygens (including phenoxy) is 2. The third kappa shape index (κ3) is 4.24. The number of benzene rings is 2. The minimum atomic E-state index is -1.26. The highest BCUT2D eigenvalue weighted by Crippen LogP contribution is 2.33. The molecule has 0 amide bonds. The summed E-state index contributed by atoms with van der Waals surface area (Å²) < 4.78 is 11.1. The van der Waals surface area contributed by atoms with Crippen molar-refractivity contribution in [1.82, 2.24) is 0 Å². The zero-order chi connectivity index (χ0) is 19.0. The Kier molecular flexibility index (Phi) is 7.19. The standard InChI is InChI=1S/C22H28O4/c1-4-7-10-16-25-20(23)22(5-2,6-3)21(24)26-19-15-11-13-17-12-8-9-14-18(17)19/h8-9,11-15H,4-7,10,16H2,1-3H3. The van der Waals surface area contributed by atoms with E-state index in [1.807, 2.05) is 50.2 Å². The van der Waals surface area contributed by atoms with Crippen molar-refractivity contribution in [3.8, 4) is 5.75 Å². The average Bonchev–Trinajstić information content (AvgIpc) is 2.67. The Bertz CT molecular complexity index is 741. The molecule has 26 heavy (non-hydrogen) atoms. The first-order chi connectivity index (χ1) is 12.6. The molecule has 0 spiro atoms. The number of rotatable bonds is 9. The first kappa shape index (κ1) is 20.0. The minimum absolute atomic E-state index is 0.343. The van der Waals surface area contributed by atoms with Gasteiger partial charge in [0.2, 0.25) is 0 Å². The van der Waals surface area contributed by atoms with Crippen LogP contribution < -0.4 is 4.74 Å². The molecule has 0 aliphatic heterocycles. The van der Waals surface area contributed by atoms with E-state index in [0.29, 0.717) is 25.2 Å². The second kappa shape index (κ2) is 9.37. The van der Waals surface area contributed by atoms with Gasteiger partial charge in [-0.2, -0.15) is 0 Å². The van der Waals surface area contributed by atoms with Gasteiger partial charge in [0.1, 0.15) is 5.75 Å². The van der Waals surface area contributed by atoms with E-state index >= 15 is 0 Å². The number of hydrogen-bond acceptors (Lipinski definition) is 4. The van der Waals surface area contributed by atoms with Crippen molar-refractivity contribution in [2.75, 3.05) is 6.61 Å². The van der Waals surface area contributed by atoms with Gasteiger partial charge in [-0.15, -0.1) is 0 Å². The Morgan fingerprint density at radius 2 is 1.58 bits per heavy atom. The van der Waals surface area contributed by atoms with E-state index in [2.05, 4.69) is 6.92 Å². The summed E-state index contributed by atoms with van der Waals surface area (Å²) in [6.07, 6.45) is 3.55. The quantitative estimate of drug-likeness (QED) is 0.265. The van der Waals surface area contributed by atoms with Crippen LogP contribution in [0.3, 0.4) is 0 Å². The van der Waals surface area contributed by atoms with Crippen molar-refractivity contribution in [3.05, 3.63) is 42.5 Å². The molecule has 0 aliphatic rings. The van der Waals surface area contributed by atoms with Crippen LogP contribution in [0.1, 0.15) is 52.9 Å². The molecule has 0 bridgehead atoms. The Morgan fingerprint density at radius 3 is 2.27 bits per heavy atom. The molecule has 0 saturated heterocycles. The summed E-state index contributed by atoms with van der Waals surface area (Å²) in [4.78, 5) is 25.6. The molecule has 0 saturated carbocycles. The van der Waals surface area contributed by atoms with Gasteiger partial charge in [0.25, 0.3) is 0 Å². The number of esters is 2. The number of carbonyl (C=O) groups is 2. The summed E-state index contributed by atoms with van der Waals surface area (Å²) in [7, 11) is 0. The average molecular weight is 356 g/mol. The van der Waals surface area contributed by atoms with E-state index in [0.717, 1.165) is 30.0 Å². The molecule has 0 unspecified atom stereocenters. The highest BCUT2D eigenvalue weighted by Gasteiger charge is 2.46. The molecular weight excluding hydrogens is 328 g/mol. The molecule has 0 fully saturated rings. The molecule has 4 nitrogen and oxygen atoms in total.